The maximum atomic E-state index is 2.47. The fraction of sp³-hybridized carbons (Fsp3) is 0.111. The summed E-state index contributed by atoms with van der Waals surface area (Å²) in [7, 11) is 0. The van der Waals surface area contributed by atoms with Crippen LogP contribution in [-0.2, 0) is 10.8 Å². The molecule has 0 aliphatic rings. The molecule has 0 aliphatic carbocycles. The first-order chi connectivity index (χ1) is 36.0. The van der Waals surface area contributed by atoms with E-state index in [0.717, 1.165) is 22.6 Å². The summed E-state index contributed by atoms with van der Waals surface area (Å²) in [6.45, 7) is 14.0. The van der Waals surface area contributed by atoms with Gasteiger partial charge < -0.3 is 4.90 Å². The minimum absolute atomic E-state index is 0.0150. The van der Waals surface area contributed by atoms with E-state index in [2.05, 4.69) is 295 Å². The number of benzene rings is 11. The van der Waals surface area contributed by atoms with E-state index in [1.54, 1.807) is 0 Å². The number of hydrogen-bond acceptors (Lipinski definition) is 2. The highest BCUT2D eigenvalue weighted by atomic mass is 32.1. The quantitative estimate of drug-likeness (QED) is 0.139. The van der Waals surface area contributed by atoms with Gasteiger partial charge >= 0.3 is 0 Å². The number of fused-ring (bicyclic) bond motifs is 4. The highest BCUT2D eigenvalue weighted by Gasteiger charge is 2.24. The molecule has 0 radical (unpaired) electrons. The van der Waals surface area contributed by atoms with E-state index in [-0.39, 0.29) is 10.8 Å². The molecule has 358 valence electrons. The maximum absolute atomic E-state index is 2.47. The van der Waals surface area contributed by atoms with Crippen LogP contribution in [0.4, 0.5) is 17.1 Å². The van der Waals surface area contributed by atoms with Crippen molar-refractivity contribution in [3.05, 3.63) is 260 Å². The Morgan fingerprint density at radius 1 is 0.311 bits per heavy atom. The van der Waals surface area contributed by atoms with Crippen molar-refractivity contribution in [2.75, 3.05) is 4.90 Å². The van der Waals surface area contributed by atoms with Crippen molar-refractivity contribution < 1.29 is 0 Å². The first-order valence-electron chi connectivity index (χ1n) is 25.9. The summed E-state index contributed by atoms with van der Waals surface area (Å²) < 4.78 is 2.62. The lowest BCUT2D eigenvalue weighted by Gasteiger charge is -2.29. The van der Waals surface area contributed by atoms with E-state index in [1.807, 2.05) is 11.3 Å². The summed E-state index contributed by atoms with van der Waals surface area (Å²) >= 11 is 1.88. The van der Waals surface area contributed by atoms with Gasteiger partial charge in [0.2, 0.25) is 0 Å². The van der Waals surface area contributed by atoms with Crippen LogP contribution in [0.5, 0.6) is 0 Å². The molecule has 0 aliphatic heterocycles. The second kappa shape index (κ2) is 19.0. The average molecular weight is 970 g/mol. The van der Waals surface area contributed by atoms with Crippen LogP contribution in [0, 0.1) is 0 Å². The molecule has 2 heteroatoms. The fourth-order valence-corrected chi connectivity index (χ4v) is 12.1. The molecule has 0 fully saturated rings. The van der Waals surface area contributed by atoms with Gasteiger partial charge in [-0.05, 0) is 136 Å². The Balaban J connectivity index is 1.04. The lowest BCUT2D eigenvalue weighted by atomic mass is 9.78. The number of thiophene rings is 1. The van der Waals surface area contributed by atoms with Gasteiger partial charge in [0.25, 0.3) is 0 Å². The second-order valence-corrected chi connectivity index (χ2v) is 22.8. The lowest BCUT2D eigenvalue weighted by Crippen LogP contribution is -2.16. The summed E-state index contributed by atoms with van der Waals surface area (Å²) in [5.74, 6) is 0. The van der Waals surface area contributed by atoms with Gasteiger partial charge in [-0.15, -0.1) is 11.3 Å². The van der Waals surface area contributed by atoms with Crippen molar-refractivity contribution in [2.24, 2.45) is 0 Å². The van der Waals surface area contributed by atoms with Gasteiger partial charge in [0.15, 0.2) is 0 Å². The Labute approximate surface area is 440 Å². The molecule has 0 atom stereocenters. The molecule has 0 saturated heterocycles. The highest BCUT2D eigenvalue weighted by molar-refractivity contribution is 7.26. The van der Waals surface area contributed by atoms with Crippen LogP contribution in [0.25, 0.3) is 97.7 Å². The third-order valence-electron chi connectivity index (χ3n) is 14.8. The van der Waals surface area contributed by atoms with Crippen LogP contribution in [-0.4, -0.2) is 0 Å². The monoisotopic (exact) mass is 969 g/mol. The second-order valence-electron chi connectivity index (χ2n) is 21.7. The van der Waals surface area contributed by atoms with Crippen molar-refractivity contribution in [3.8, 4) is 66.8 Å². The van der Waals surface area contributed by atoms with Crippen LogP contribution in [0.1, 0.15) is 52.7 Å². The molecule has 12 rings (SSSR count). The van der Waals surface area contributed by atoms with Gasteiger partial charge in [-0.25, -0.2) is 0 Å². The van der Waals surface area contributed by atoms with Crippen LogP contribution in [0.3, 0.4) is 0 Å². The standard InChI is InChI=1S/C72H59NS/c1-71(2,3)55-43-54(44-56(47-55)72(4,5)6)60-31-18-25-51-26-19-33-64(69(51)60)62-29-13-15-35-67(62)73(58-28-17-27-53(45-58)61-32-20-34-65-63-30-14-16-36-68(63)74-70(61)65)57-40-37-48(38-41-57)52-39-42-59(49-21-9-7-10-22-49)66(46-52)50-23-11-8-12-24-50/h7-47H,1-6H3. The van der Waals surface area contributed by atoms with Crippen molar-refractivity contribution >= 4 is 59.3 Å². The molecular weight excluding hydrogens is 911 g/mol. The molecule has 1 aromatic heterocycles. The van der Waals surface area contributed by atoms with Gasteiger partial charge in [0, 0.05) is 37.1 Å². The van der Waals surface area contributed by atoms with Gasteiger partial charge in [0.1, 0.15) is 0 Å². The molecule has 0 bridgehead atoms. The van der Waals surface area contributed by atoms with E-state index in [0.29, 0.717) is 0 Å². The van der Waals surface area contributed by atoms with Crippen molar-refractivity contribution in [3.63, 3.8) is 0 Å². The van der Waals surface area contributed by atoms with Gasteiger partial charge in [0.05, 0.1) is 5.69 Å². The molecule has 0 saturated carbocycles. The molecule has 0 unspecified atom stereocenters. The summed E-state index contributed by atoms with van der Waals surface area (Å²) in [5, 5.41) is 5.08. The Hall–Kier alpha value is -8.30. The average Bonchev–Trinajstić information content (AvgIpc) is 3.82. The summed E-state index contributed by atoms with van der Waals surface area (Å²) in [4.78, 5) is 2.47. The van der Waals surface area contributed by atoms with Crippen LogP contribution < -0.4 is 4.90 Å². The Morgan fingerprint density at radius 2 is 0.865 bits per heavy atom. The third-order valence-corrected chi connectivity index (χ3v) is 16.0. The fourth-order valence-electron chi connectivity index (χ4n) is 10.8. The Morgan fingerprint density at radius 3 is 1.58 bits per heavy atom. The van der Waals surface area contributed by atoms with Gasteiger partial charge in [-0.1, -0.05) is 248 Å². The number of nitrogens with zero attached hydrogens (tertiary/aromatic N) is 1. The highest BCUT2D eigenvalue weighted by Crippen LogP contribution is 2.48. The third kappa shape index (κ3) is 8.80. The minimum atomic E-state index is -0.0150. The topological polar surface area (TPSA) is 3.24 Å². The van der Waals surface area contributed by atoms with E-state index in [4.69, 9.17) is 0 Å². The zero-order valence-electron chi connectivity index (χ0n) is 43.0. The van der Waals surface area contributed by atoms with Crippen LogP contribution in [0.15, 0.2) is 249 Å². The normalized spacial score (nSPS) is 11.9. The summed E-state index contributed by atoms with van der Waals surface area (Å²) in [5.41, 5.74) is 20.4. The maximum Gasteiger partial charge on any atom is 0.0540 e. The van der Waals surface area contributed by atoms with Crippen LogP contribution in [0.2, 0.25) is 0 Å². The molecule has 11 aromatic carbocycles. The SMILES string of the molecule is CC(C)(C)c1cc(-c2cccc3cccc(-c4ccccc4N(c4ccc(-c5ccc(-c6ccccc6)c(-c6ccccc6)c5)cc4)c4cccc(-c5cccc6c5sc5ccccc56)c4)c23)cc(C(C)(C)C)c1. The molecule has 1 nitrogen and oxygen atoms in total. The smallest absolute Gasteiger partial charge is 0.0540 e. The number of rotatable bonds is 9. The lowest BCUT2D eigenvalue weighted by molar-refractivity contribution is 0.569. The van der Waals surface area contributed by atoms with E-state index >= 15 is 0 Å². The van der Waals surface area contributed by atoms with Crippen molar-refractivity contribution in [1.82, 2.24) is 0 Å². The molecule has 0 spiro atoms. The summed E-state index contributed by atoms with van der Waals surface area (Å²) in [6.07, 6.45) is 0. The predicted octanol–water partition coefficient (Wildman–Crippen LogP) is 21.3. The van der Waals surface area contributed by atoms with E-state index in [9.17, 15) is 0 Å². The van der Waals surface area contributed by atoms with E-state index in [1.165, 1.54) is 103 Å². The van der Waals surface area contributed by atoms with E-state index < -0.39 is 0 Å². The molecule has 12 aromatic rings. The molecule has 0 amide bonds. The number of anilines is 3. The van der Waals surface area contributed by atoms with Gasteiger partial charge in [-0.2, -0.15) is 0 Å². The van der Waals surface area contributed by atoms with Gasteiger partial charge in [-0.3, -0.25) is 0 Å². The number of para-hydroxylation sites is 1. The first kappa shape index (κ1) is 46.8. The molecule has 1 heterocycles. The summed E-state index contributed by atoms with van der Waals surface area (Å²) in [6, 6.07) is 92.3. The number of hydrogen-bond donors (Lipinski definition) is 0. The van der Waals surface area contributed by atoms with Crippen molar-refractivity contribution in [1.29, 1.82) is 0 Å². The molecule has 0 N–H and O–H groups in total. The Bertz CT molecular complexity index is 3980. The predicted molar refractivity (Wildman–Crippen MR) is 322 cm³/mol. The van der Waals surface area contributed by atoms with Crippen molar-refractivity contribution in [2.45, 2.75) is 52.4 Å². The minimum Gasteiger partial charge on any atom is -0.310 e. The Kier molecular flexibility index (Phi) is 12.0. The zero-order valence-corrected chi connectivity index (χ0v) is 43.8. The largest absolute Gasteiger partial charge is 0.310 e. The van der Waals surface area contributed by atoms with Crippen LogP contribution >= 0.6 is 11.3 Å². The zero-order chi connectivity index (χ0) is 50.6. The molecular formula is C72H59NS. The first-order valence-corrected chi connectivity index (χ1v) is 26.7. The molecule has 74 heavy (non-hydrogen) atoms.